The largest absolute Gasteiger partial charge is 0.329 e. The molecule has 0 spiro atoms. The van der Waals surface area contributed by atoms with Gasteiger partial charge in [-0.25, -0.2) is 4.98 Å². The number of fused-ring (bicyclic) bond motifs is 1. The van der Waals surface area contributed by atoms with Crippen LogP contribution in [0.15, 0.2) is 12.3 Å². The molecule has 0 aliphatic heterocycles. The van der Waals surface area contributed by atoms with Crippen molar-refractivity contribution in [3.05, 3.63) is 22.6 Å². The van der Waals surface area contributed by atoms with Crippen LogP contribution in [-0.2, 0) is 6.54 Å². The Morgan fingerprint density at radius 1 is 1.58 bits per heavy atom. The molecule has 0 radical (unpaired) electrons. The molecular formula is C14H20N4S. The quantitative estimate of drug-likeness (QED) is 0.872. The smallest absolute Gasteiger partial charge is 0.179 e. The molecule has 2 aromatic rings. The number of aromatic nitrogens is 3. The third-order valence-corrected chi connectivity index (χ3v) is 4.33. The standard InChI is InChI=1S/C14H20N4S/c1-9-6-12-13(15-7-9)18(14(19)16-12)8-10(2)17(3)11-4-5-11/h6-7,10-11H,4-5,8H2,1-3H3,(H,16,19). The van der Waals surface area contributed by atoms with E-state index in [0.29, 0.717) is 6.04 Å². The van der Waals surface area contributed by atoms with Gasteiger partial charge in [-0.2, -0.15) is 0 Å². The molecule has 0 saturated heterocycles. The van der Waals surface area contributed by atoms with Crippen LogP contribution in [0.3, 0.4) is 0 Å². The lowest BCUT2D eigenvalue weighted by atomic mass is 10.3. The van der Waals surface area contributed by atoms with Crippen molar-refractivity contribution >= 4 is 23.4 Å². The van der Waals surface area contributed by atoms with Crippen molar-refractivity contribution in [1.82, 2.24) is 19.4 Å². The molecule has 1 atom stereocenters. The van der Waals surface area contributed by atoms with Crippen LogP contribution in [0.2, 0.25) is 0 Å². The average molecular weight is 276 g/mol. The lowest BCUT2D eigenvalue weighted by Crippen LogP contribution is -2.34. The third kappa shape index (κ3) is 2.44. The highest BCUT2D eigenvalue weighted by molar-refractivity contribution is 7.71. The molecule has 0 amide bonds. The van der Waals surface area contributed by atoms with Crippen LogP contribution in [0, 0.1) is 11.7 Å². The van der Waals surface area contributed by atoms with Crippen LogP contribution in [0.1, 0.15) is 25.3 Å². The second-order valence-corrected chi connectivity index (χ2v) is 6.06. The summed E-state index contributed by atoms with van der Waals surface area (Å²) in [5.41, 5.74) is 3.15. The summed E-state index contributed by atoms with van der Waals surface area (Å²) >= 11 is 5.43. The van der Waals surface area contributed by atoms with E-state index < -0.39 is 0 Å². The zero-order chi connectivity index (χ0) is 13.6. The van der Waals surface area contributed by atoms with Crippen LogP contribution in [0.4, 0.5) is 0 Å². The zero-order valence-corrected chi connectivity index (χ0v) is 12.5. The average Bonchev–Trinajstić information content (AvgIpc) is 3.15. The monoisotopic (exact) mass is 276 g/mol. The third-order valence-electron chi connectivity index (χ3n) is 4.01. The summed E-state index contributed by atoms with van der Waals surface area (Å²) in [4.78, 5) is 10.2. The summed E-state index contributed by atoms with van der Waals surface area (Å²) in [6.07, 6.45) is 4.56. The SMILES string of the molecule is Cc1cnc2c(c1)[nH]c(=S)n2CC(C)N(C)C1CC1. The van der Waals surface area contributed by atoms with E-state index in [2.05, 4.69) is 39.5 Å². The lowest BCUT2D eigenvalue weighted by molar-refractivity contribution is 0.226. The Kier molecular flexibility index (Phi) is 3.19. The molecule has 1 aliphatic carbocycles. The molecular weight excluding hydrogens is 256 g/mol. The normalized spacial score (nSPS) is 17.3. The Morgan fingerprint density at radius 3 is 3.00 bits per heavy atom. The maximum atomic E-state index is 5.43. The van der Waals surface area contributed by atoms with Gasteiger partial charge in [-0.05, 0) is 57.6 Å². The molecule has 1 N–H and O–H groups in total. The molecule has 2 aromatic heterocycles. The van der Waals surface area contributed by atoms with Gasteiger partial charge in [0.25, 0.3) is 0 Å². The highest BCUT2D eigenvalue weighted by Crippen LogP contribution is 2.27. The number of rotatable bonds is 4. The van der Waals surface area contributed by atoms with Crippen LogP contribution >= 0.6 is 12.2 Å². The first-order valence-electron chi connectivity index (χ1n) is 6.83. The summed E-state index contributed by atoms with van der Waals surface area (Å²) in [6.45, 7) is 5.19. The maximum Gasteiger partial charge on any atom is 0.179 e. The number of imidazole rings is 1. The van der Waals surface area contributed by atoms with Gasteiger partial charge < -0.3 is 4.98 Å². The fourth-order valence-electron chi connectivity index (χ4n) is 2.55. The fraction of sp³-hybridized carbons (Fsp3) is 0.571. The predicted molar refractivity (Wildman–Crippen MR) is 79.9 cm³/mol. The fourth-order valence-corrected chi connectivity index (χ4v) is 2.82. The number of nitrogens with one attached hydrogen (secondary N) is 1. The molecule has 3 rings (SSSR count). The summed E-state index contributed by atoms with van der Waals surface area (Å²) in [5.74, 6) is 0. The first-order chi connectivity index (χ1) is 9.06. The van der Waals surface area contributed by atoms with Crippen LogP contribution in [0.25, 0.3) is 11.2 Å². The molecule has 1 unspecified atom stereocenters. The van der Waals surface area contributed by atoms with Crippen LogP contribution in [-0.4, -0.2) is 38.6 Å². The molecule has 19 heavy (non-hydrogen) atoms. The number of hydrogen-bond donors (Lipinski definition) is 1. The number of H-pyrrole nitrogens is 1. The molecule has 1 aliphatic rings. The van der Waals surface area contributed by atoms with E-state index in [0.717, 1.165) is 34.1 Å². The van der Waals surface area contributed by atoms with E-state index in [-0.39, 0.29) is 0 Å². The van der Waals surface area contributed by atoms with Crippen molar-refractivity contribution in [2.24, 2.45) is 0 Å². The molecule has 4 nitrogen and oxygen atoms in total. The summed E-state index contributed by atoms with van der Waals surface area (Å²) in [7, 11) is 2.21. The number of aryl methyl sites for hydroxylation is 1. The van der Waals surface area contributed by atoms with E-state index in [9.17, 15) is 0 Å². The van der Waals surface area contributed by atoms with Crippen molar-refractivity contribution in [2.45, 2.75) is 45.3 Å². The molecule has 0 aromatic carbocycles. The molecule has 0 bridgehead atoms. The minimum atomic E-state index is 0.473. The van der Waals surface area contributed by atoms with Crippen molar-refractivity contribution in [1.29, 1.82) is 0 Å². The number of nitrogens with zero attached hydrogens (tertiary/aromatic N) is 3. The Hall–Kier alpha value is -1.20. The van der Waals surface area contributed by atoms with Gasteiger partial charge in [-0.1, -0.05) is 0 Å². The molecule has 1 saturated carbocycles. The van der Waals surface area contributed by atoms with Gasteiger partial charge >= 0.3 is 0 Å². The zero-order valence-electron chi connectivity index (χ0n) is 11.7. The molecule has 5 heteroatoms. The van der Waals surface area contributed by atoms with E-state index in [1.807, 2.05) is 13.1 Å². The van der Waals surface area contributed by atoms with Gasteiger partial charge in [-0.15, -0.1) is 0 Å². The first-order valence-corrected chi connectivity index (χ1v) is 7.24. The van der Waals surface area contributed by atoms with Gasteiger partial charge in [0.05, 0.1) is 5.52 Å². The van der Waals surface area contributed by atoms with Crippen molar-refractivity contribution in [3.8, 4) is 0 Å². The molecule has 2 heterocycles. The minimum absolute atomic E-state index is 0.473. The Labute approximate surface area is 118 Å². The Morgan fingerprint density at radius 2 is 2.32 bits per heavy atom. The van der Waals surface area contributed by atoms with Crippen molar-refractivity contribution in [3.63, 3.8) is 0 Å². The number of pyridine rings is 1. The van der Waals surface area contributed by atoms with Gasteiger partial charge in [0.15, 0.2) is 10.4 Å². The van der Waals surface area contributed by atoms with Crippen molar-refractivity contribution in [2.75, 3.05) is 7.05 Å². The van der Waals surface area contributed by atoms with Gasteiger partial charge in [-0.3, -0.25) is 9.47 Å². The lowest BCUT2D eigenvalue weighted by Gasteiger charge is -2.24. The topological polar surface area (TPSA) is 36.9 Å². The molecule has 1 fully saturated rings. The van der Waals surface area contributed by atoms with E-state index in [4.69, 9.17) is 12.2 Å². The highest BCUT2D eigenvalue weighted by Gasteiger charge is 2.29. The summed E-state index contributed by atoms with van der Waals surface area (Å²) < 4.78 is 2.89. The second kappa shape index (κ2) is 4.72. The van der Waals surface area contributed by atoms with Gasteiger partial charge in [0.2, 0.25) is 0 Å². The number of hydrogen-bond acceptors (Lipinski definition) is 3. The Bertz CT molecular complexity index is 653. The van der Waals surface area contributed by atoms with Crippen LogP contribution < -0.4 is 0 Å². The highest BCUT2D eigenvalue weighted by atomic mass is 32.1. The predicted octanol–water partition coefficient (Wildman–Crippen LogP) is 2.89. The van der Waals surface area contributed by atoms with Crippen molar-refractivity contribution < 1.29 is 0 Å². The number of likely N-dealkylation sites (N-methyl/N-ethyl adjacent to an activating group) is 1. The van der Waals surface area contributed by atoms with Gasteiger partial charge in [0.1, 0.15) is 0 Å². The van der Waals surface area contributed by atoms with E-state index in [1.165, 1.54) is 12.8 Å². The van der Waals surface area contributed by atoms with Crippen LogP contribution in [0.5, 0.6) is 0 Å². The molecule has 102 valence electrons. The first kappa shape index (κ1) is 12.8. The summed E-state index contributed by atoms with van der Waals surface area (Å²) in [6, 6.07) is 3.34. The second-order valence-electron chi connectivity index (χ2n) is 5.67. The van der Waals surface area contributed by atoms with E-state index >= 15 is 0 Å². The maximum absolute atomic E-state index is 5.43. The number of aromatic amines is 1. The summed E-state index contributed by atoms with van der Waals surface area (Å²) in [5, 5.41) is 0. The van der Waals surface area contributed by atoms with Gasteiger partial charge in [0, 0.05) is 24.8 Å². The Balaban J connectivity index is 1.91. The minimum Gasteiger partial charge on any atom is -0.329 e. The van der Waals surface area contributed by atoms with E-state index in [1.54, 1.807) is 0 Å².